The van der Waals surface area contributed by atoms with E-state index in [1.165, 1.54) is 6.07 Å². The minimum absolute atomic E-state index is 0.0712. The first-order valence-electron chi connectivity index (χ1n) is 6.46. The van der Waals surface area contributed by atoms with E-state index in [4.69, 9.17) is 5.73 Å². The van der Waals surface area contributed by atoms with Gasteiger partial charge in [0.1, 0.15) is 5.82 Å². The predicted octanol–water partition coefficient (Wildman–Crippen LogP) is 1.68. The molecule has 0 atom stereocenters. The van der Waals surface area contributed by atoms with Gasteiger partial charge in [0.2, 0.25) is 0 Å². The maximum atomic E-state index is 13.7. The smallest absolute Gasteiger partial charge is 0.146 e. The standard InChI is InChI=1S/C14H22FN3/c1-17(2)14(11-16)7-9-18(10-8-14)13-6-4-3-5-12(13)15/h3-6H,7-11,16H2,1-2H3. The fourth-order valence-electron chi connectivity index (χ4n) is 2.71. The van der Waals surface area contributed by atoms with Gasteiger partial charge in [-0.2, -0.15) is 0 Å². The van der Waals surface area contributed by atoms with E-state index in [2.05, 4.69) is 23.9 Å². The van der Waals surface area contributed by atoms with Gasteiger partial charge in [-0.3, -0.25) is 0 Å². The van der Waals surface area contributed by atoms with Gasteiger partial charge in [0.25, 0.3) is 0 Å². The molecule has 1 aliphatic heterocycles. The minimum atomic E-state index is -0.136. The van der Waals surface area contributed by atoms with Gasteiger partial charge in [0, 0.05) is 25.2 Å². The molecule has 1 aromatic rings. The van der Waals surface area contributed by atoms with Gasteiger partial charge < -0.3 is 15.5 Å². The van der Waals surface area contributed by atoms with E-state index in [1.54, 1.807) is 6.07 Å². The van der Waals surface area contributed by atoms with Crippen LogP contribution in [0.2, 0.25) is 0 Å². The SMILES string of the molecule is CN(C)C1(CN)CCN(c2ccccc2F)CC1. The van der Waals surface area contributed by atoms with E-state index in [0.29, 0.717) is 12.2 Å². The molecule has 2 N–H and O–H groups in total. The molecular formula is C14H22FN3. The number of nitrogens with two attached hydrogens (primary N) is 1. The van der Waals surface area contributed by atoms with Crippen LogP contribution in [0.4, 0.5) is 10.1 Å². The van der Waals surface area contributed by atoms with Crippen LogP contribution in [0.1, 0.15) is 12.8 Å². The Balaban J connectivity index is 2.09. The summed E-state index contributed by atoms with van der Waals surface area (Å²) in [5.74, 6) is -0.136. The molecule has 1 heterocycles. The van der Waals surface area contributed by atoms with Crippen molar-refractivity contribution in [1.29, 1.82) is 0 Å². The van der Waals surface area contributed by atoms with Crippen molar-refractivity contribution in [3.63, 3.8) is 0 Å². The van der Waals surface area contributed by atoms with Crippen LogP contribution in [0.25, 0.3) is 0 Å². The highest BCUT2D eigenvalue weighted by atomic mass is 19.1. The number of rotatable bonds is 3. The summed E-state index contributed by atoms with van der Waals surface area (Å²) in [6.45, 7) is 2.37. The van der Waals surface area contributed by atoms with Crippen molar-refractivity contribution in [1.82, 2.24) is 4.90 Å². The maximum absolute atomic E-state index is 13.7. The van der Waals surface area contributed by atoms with Crippen LogP contribution < -0.4 is 10.6 Å². The van der Waals surface area contributed by atoms with Crippen LogP contribution >= 0.6 is 0 Å². The molecule has 3 nitrogen and oxygen atoms in total. The van der Waals surface area contributed by atoms with Gasteiger partial charge in [-0.05, 0) is 39.1 Å². The highest BCUT2D eigenvalue weighted by molar-refractivity contribution is 5.48. The topological polar surface area (TPSA) is 32.5 Å². The number of hydrogen-bond donors (Lipinski definition) is 1. The molecule has 1 fully saturated rings. The predicted molar refractivity (Wildman–Crippen MR) is 73.3 cm³/mol. The lowest BCUT2D eigenvalue weighted by Gasteiger charge is -2.46. The third-order valence-corrected chi connectivity index (χ3v) is 4.22. The summed E-state index contributed by atoms with van der Waals surface area (Å²) in [4.78, 5) is 4.33. The third kappa shape index (κ3) is 2.35. The van der Waals surface area contributed by atoms with E-state index in [0.717, 1.165) is 25.9 Å². The third-order valence-electron chi connectivity index (χ3n) is 4.22. The largest absolute Gasteiger partial charge is 0.369 e. The Morgan fingerprint density at radius 1 is 1.28 bits per heavy atom. The quantitative estimate of drug-likeness (QED) is 0.887. The van der Waals surface area contributed by atoms with Gasteiger partial charge >= 0.3 is 0 Å². The Morgan fingerprint density at radius 2 is 1.89 bits per heavy atom. The monoisotopic (exact) mass is 251 g/mol. The molecule has 1 saturated heterocycles. The first-order chi connectivity index (χ1) is 8.59. The van der Waals surface area contributed by atoms with Crippen molar-refractivity contribution in [3.8, 4) is 0 Å². The number of piperidine rings is 1. The first-order valence-corrected chi connectivity index (χ1v) is 6.46. The zero-order valence-corrected chi connectivity index (χ0v) is 11.2. The number of likely N-dealkylation sites (N-methyl/N-ethyl adjacent to an activating group) is 1. The molecule has 0 amide bonds. The van der Waals surface area contributed by atoms with Gasteiger partial charge in [-0.1, -0.05) is 12.1 Å². The number of halogens is 1. The van der Waals surface area contributed by atoms with Crippen LogP contribution in [-0.4, -0.2) is 44.2 Å². The Bertz CT molecular complexity index is 398. The molecular weight excluding hydrogens is 229 g/mol. The lowest BCUT2D eigenvalue weighted by atomic mass is 9.86. The number of nitrogens with zero attached hydrogens (tertiary/aromatic N) is 2. The molecule has 0 unspecified atom stereocenters. The zero-order chi connectivity index (χ0) is 13.2. The van der Waals surface area contributed by atoms with Gasteiger partial charge in [-0.25, -0.2) is 4.39 Å². The summed E-state index contributed by atoms with van der Waals surface area (Å²) < 4.78 is 13.7. The lowest BCUT2D eigenvalue weighted by molar-refractivity contribution is 0.125. The molecule has 4 heteroatoms. The number of anilines is 1. The average molecular weight is 251 g/mol. The number of para-hydroxylation sites is 1. The molecule has 1 aliphatic rings. The molecule has 0 saturated carbocycles. The molecule has 0 spiro atoms. The second-order valence-corrected chi connectivity index (χ2v) is 5.26. The van der Waals surface area contributed by atoms with Crippen molar-refractivity contribution >= 4 is 5.69 Å². The number of benzene rings is 1. The Hall–Kier alpha value is -1.13. The Labute approximate surface area is 108 Å². The first kappa shape index (κ1) is 13.3. The minimum Gasteiger partial charge on any atom is -0.369 e. The maximum Gasteiger partial charge on any atom is 0.146 e. The summed E-state index contributed by atoms with van der Waals surface area (Å²) in [5, 5.41) is 0. The number of hydrogen-bond acceptors (Lipinski definition) is 3. The van der Waals surface area contributed by atoms with Crippen molar-refractivity contribution in [2.45, 2.75) is 18.4 Å². The zero-order valence-electron chi connectivity index (χ0n) is 11.2. The van der Waals surface area contributed by atoms with Crippen LogP contribution in [0.5, 0.6) is 0 Å². The van der Waals surface area contributed by atoms with E-state index >= 15 is 0 Å². The van der Waals surface area contributed by atoms with Gasteiger partial charge in [-0.15, -0.1) is 0 Å². The Morgan fingerprint density at radius 3 is 2.39 bits per heavy atom. The van der Waals surface area contributed by atoms with Crippen LogP contribution in [0.3, 0.4) is 0 Å². The van der Waals surface area contributed by atoms with Crippen molar-refractivity contribution < 1.29 is 4.39 Å². The summed E-state index contributed by atoms with van der Waals surface area (Å²) in [5.41, 5.74) is 6.70. The normalized spacial score (nSPS) is 19.3. The van der Waals surface area contributed by atoms with Gasteiger partial charge in [0.05, 0.1) is 5.69 Å². The molecule has 18 heavy (non-hydrogen) atoms. The summed E-state index contributed by atoms with van der Waals surface area (Å²) >= 11 is 0. The molecule has 0 aromatic heterocycles. The average Bonchev–Trinajstić information content (AvgIpc) is 2.39. The fourth-order valence-corrected chi connectivity index (χ4v) is 2.71. The van der Waals surface area contributed by atoms with Crippen molar-refractivity contribution in [2.75, 3.05) is 38.6 Å². The second-order valence-electron chi connectivity index (χ2n) is 5.26. The summed E-state index contributed by atoms with van der Waals surface area (Å²) in [6, 6.07) is 6.98. The van der Waals surface area contributed by atoms with Crippen molar-refractivity contribution in [3.05, 3.63) is 30.1 Å². The molecule has 2 rings (SSSR count). The van der Waals surface area contributed by atoms with Crippen LogP contribution in [-0.2, 0) is 0 Å². The Kier molecular flexibility index (Phi) is 3.88. The van der Waals surface area contributed by atoms with Crippen molar-refractivity contribution in [2.24, 2.45) is 5.73 Å². The summed E-state index contributed by atoms with van der Waals surface area (Å²) in [6.07, 6.45) is 1.95. The molecule has 0 bridgehead atoms. The molecule has 0 radical (unpaired) electrons. The highest BCUT2D eigenvalue weighted by Crippen LogP contribution is 2.30. The second kappa shape index (κ2) is 5.24. The molecule has 100 valence electrons. The van der Waals surface area contributed by atoms with E-state index in [9.17, 15) is 4.39 Å². The molecule has 1 aromatic carbocycles. The van der Waals surface area contributed by atoms with Gasteiger partial charge in [0.15, 0.2) is 0 Å². The van der Waals surface area contributed by atoms with E-state index in [1.807, 2.05) is 12.1 Å². The van der Waals surface area contributed by atoms with Crippen LogP contribution in [0.15, 0.2) is 24.3 Å². The fraction of sp³-hybridized carbons (Fsp3) is 0.571. The summed E-state index contributed by atoms with van der Waals surface area (Å²) in [7, 11) is 4.15. The van der Waals surface area contributed by atoms with E-state index < -0.39 is 0 Å². The highest BCUT2D eigenvalue weighted by Gasteiger charge is 2.35. The van der Waals surface area contributed by atoms with E-state index in [-0.39, 0.29) is 11.4 Å². The molecule has 0 aliphatic carbocycles. The lowest BCUT2D eigenvalue weighted by Crippen LogP contribution is -2.57. The van der Waals surface area contributed by atoms with Crippen LogP contribution in [0, 0.1) is 5.82 Å².